The molecule has 0 saturated heterocycles. The lowest BCUT2D eigenvalue weighted by Gasteiger charge is -1.96. The van der Waals surface area contributed by atoms with Gasteiger partial charge in [-0.15, -0.1) is 0 Å². The van der Waals surface area contributed by atoms with Crippen molar-refractivity contribution in [1.29, 1.82) is 5.26 Å². The summed E-state index contributed by atoms with van der Waals surface area (Å²) in [5.41, 5.74) is 0. The van der Waals surface area contributed by atoms with Crippen LogP contribution in [0.5, 0.6) is 0 Å². The van der Waals surface area contributed by atoms with E-state index in [-0.39, 0.29) is 0 Å². The van der Waals surface area contributed by atoms with Gasteiger partial charge in [0, 0.05) is 24.8 Å². The van der Waals surface area contributed by atoms with Gasteiger partial charge in [0.2, 0.25) is 0 Å². The summed E-state index contributed by atoms with van der Waals surface area (Å²) in [5.74, 6) is 0. The lowest BCUT2D eigenvalue weighted by atomic mass is 10.6. The van der Waals surface area contributed by atoms with E-state index in [9.17, 15) is 0 Å². The first-order chi connectivity index (χ1) is 4.43. The number of allylic oxidation sites excluding steroid dienone is 1. The molecule has 3 nitrogen and oxygen atoms in total. The van der Waals surface area contributed by atoms with Crippen molar-refractivity contribution in [3.63, 3.8) is 0 Å². The highest BCUT2D eigenvalue weighted by Crippen LogP contribution is 1.91. The largest absolute Gasteiger partial charge is 0.263 e. The van der Waals surface area contributed by atoms with Crippen molar-refractivity contribution in [3.8, 4) is 6.19 Å². The van der Waals surface area contributed by atoms with Gasteiger partial charge in [0.1, 0.15) is 0 Å². The van der Waals surface area contributed by atoms with E-state index in [4.69, 9.17) is 5.26 Å². The smallest absolute Gasteiger partial charge is 0.188 e. The first kappa shape index (κ1) is 5.57. The summed E-state index contributed by atoms with van der Waals surface area (Å²) in [6, 6.07) is 0. The monoisotopic (exact) mass is 119 g/mol. The quantitative estimate of drug-likeness (QED) is 0.443. The summed E-state index contributed by atoms with van der Waals surface area (Å²) in [7, 11) is 0. The van der Waals surface area contributed by atoms with Crippen LogP contribution in [0.25, 0.3) is 0 Å². The third-order valence-corrected chi connectivity index (χ3v) is 0.848. The van der Waals surface area contributed by atoms with Crippen molar-refractivity contribution < 1.29 is 0 Å². The Bertz CT molecular complexity index is 191. The van der Waals surface area contributed by atoms with Crippen LogP contribution in [-0.2, 0) is 0 Å². The van der Waals surface area contributed by atoms with Crippen LogP contribution in [0.1, 0.15) is 0 Å². The van der Waals surface area contributed by atoms with Gasteiger partial charge < -0.3 is 0 Å². The molecular weight excluding hydrogens is 114 g/mol. The molecular formula is C6H5N3. The molecule has 3 heteroatoms. The number of hydrogen-bond donors (Lipinski definition) is 0. The minimum atomic E-state index is 1.37. The summed E-state index contributed by atoms with van der Waals surface area (Å²) < 4.78 is 0. The van der Waals surface area contributed by atoms with E-state index in [0.29, 0.717) is 0 Å². The van der Waals surface area contributed by atoms with E-state index in [1.54, 1.807) is 30.9 Å². The van der Waals surface area contributed by atoms with Crippen molar-refractivity contribution in [2.45, 2.75) is 0 Å². The Balaban J connectivity index is 2.72. The second-order valence-corrected chi connectivity index (χ2v) is 1.45. The van der Waals surface area contributed by atoms with Crippen LogP contribution in [0.15, 0.2) is 29.7 Å². The molecule has 1 aliphatic rings. The highest BCUT2D eigenvalue weighted by molar-refractivity contribution is 5.71. The molecule has 0 N–H and O–H groups in total. The molecule has 1 heterocycles. The Morgan fingerprint density at radius 2 is 2.33 bits per heavy atom. The fourth-order valence-corrected chi connectivity index (χ4v) is 0.457. The molecule has 9 heavy (non-hydrogen) atoms. The van der Waals surface area contributed by atoms with Crippen molar-refractivity contribution in [3.05, 3.63) is 24.7 Å². The first-order valence-electron chi connectivity index (χ1n) is 2.48. The van der Waals surface area contributed by atoms with E-state index in [2.05, 4.69) is 4.99 Å². The van der Waals surface area contributed by atoms with Gasteiger partial charge in [0.15, 0.2) is 6.19 Å². The van der Waals surface area contributed by atoms with Gasteiger partial charge in [-0.05, 0) is 6.08 Å². The maximum atomic E-state index is 8.33. The molecule has 0 spiro atoms. The van der Waals surface area contributed by atoms with E-state index in [1.807, 2.05) is 6.19 Å². The minimum Gasteiger partial charge on any atom is -0.263 e. The predicted octanol–water partition coefficient (Wildman–Crippen LogP) is 0.839. The molecule has 1 aliphatic heterocycles. The van der Waals surface area contributed by atoms with Crippen molar-refractivity contribution in [2.24, 2.45) is 4.99 Å². The van der Waals surface area contributed by atoms with Crippen LogP contribution in [0, 0.1) is 11.5 Å². The van der Waals surface area contributed by atoms with Crippen LogP contribution >= 0.6 is 0 Å². The summed E-state index contributed by atoms with van der Waals surface area (Å²) >= 11 is 0. The van der Waals surface area contributed by atoms with Crippen LogP contribution in [0.2, 0.25) is 0 Å². The van der Waals surface area contributed by atoms with E-state index in [0.717, 1.165) is 0 Å². The Morgan fingerprint density at radius 1 is 1.44 bits per heavy atom. The van der Waals surface area contributed by atoms with Gasteiger partial charge in [-0.3, -0.25) is 9.89 Å². The minimum absolute atomic E-state index is 1.37. The lowest BCUT2D eigenvalue weighted by molar-refractivity contribution is 0.717. The third-order valence-electron chi connectivity index (χ3n) is 0.848. The predicted molar refractivity (Wildman–Crippen MR) is 34.2 cm³/mol. The second kappa shape index (κ2) is 2.68. The molecule has 0 atom stereocenters. The highest BCUT2D eigenvalue weighted by Gasteiger charge is 1.87. The average molecular weight is 119 g/mol. The van der Waals surface area contributed by atoms with Crippen molar-refractivity contribution in [1.82, 2.24) is 4.90 Å². The molecule has 0 saturated carbocycles. The molecule has 0 radical (unpaired) electrons. The SMILES string of the molecule is N#CN1C=CC=NC=C1. The summed E-state index contributed by atoms with van der Waals surface area (Å²) in [6.45, 7) is 0. The highest BCUT2D eigenvalue weighted by atomic mass is 15.1. The summed E-state index contributed by atoms with van der Waals surface area (Å²) in [4.78, 5) is 5.15. The Morgan fingerprint density at radius 3 is 3.11 bits per heavy atom. The number of rotatable bonds is 0. The van der Waals surface area contributed by atoms with Gasteiger partial charge >= 0.3 is 0 Å². The molecule has 0 aromatic heterocycles. The fourth-order valence-electron chi connectivity index (χ4n) is 0.457. The molecule has 0 amide bonds. The molecule has 44 valence electrons. The van der Waals surface area contributed by atoms with E-state index < -0.39 is 0 Å². The van der Waals surface area contributed by atoms with Gasteiger partial charge in [-0.25, -0.2) is 0 Å². The normalized spacial score (nSPS) is 15.2. The van der Waals surface area contributed by atoms with Gasteiger partial charge in [0.25, 0.3) is 0 Å². The number of aliphatic imine (C=N–C) groups is 1. The standard InChI is InChI=1S/C6H5N3/c7-6-9-4-1-2-8-3-5-9/h1-5H. The van der Waals surface area contributed by atoms with Gasteiger partial charge in [0.05, 0.1) is 0 Å². The second-order valence-electron chi connectivity index (χ2n) is 1.45. The van der Waals surface area contributed by atoms with Crippen molar-refractivity contribution in [2.75, 3.05) is 0 Å². The fraction of sp³-hybridized carbons (Fsp3) is 0. The number of nitriles is 1. The van der Waals surface area contributed by atoms with Gasteiger partial charge in [-0.1, -0.05) is 0 Å². The van der Waals surface area contributed by atoms with Crippen LogP contribution < -0.4 is 0 Å². The maximum Gasteiger partial charge on any atom is 0.188 e. The molecule has 0 bridgehead atoms. The zero-order valence-electron chi connectivity index (χ0n) is 4.73. The Hall–Kier alpha value is -1.56. The van der Waals surface area contributed by atoms with Crippen molar-refractivity contribution >= 4 is 6.21 Å². The Kier molecular flexibility index (Phi) is 1.66. The average Bonchev–Trinajstić information content (AvgIpc) is 2.13. The van der Waals surface area contributed by atoms with Crippen LogP contribution in [-0.4, -0.2) is 11.1 Å². The molecule has 1 rings (SSSR count). The number of hydrogen-bond acceptors (Lipinski definition) is 3. The van der Waals surface area contributed by atoms with Gasteiger partial charge in [-0.2, -0.15) is 5.26 Å². The molecule has 0 aromatic carbocycles. The molecule has 0 aliphatic carbocycles. The Labute approximate surface area is 53.2 Å². The van der Waals surface area contributed by atoms with E-state index >= 15 is 0 Å². The summed E-state index contributed by atoms with van der Waals surface area (Å²) in [5, 5.41) is 8.33. The number of nitrogens with zero attached hydrogens (tertiary/aromatic N) is 3. The van der Waals surface area contributed by atoms with E-state index in [1.165, 1.54) is 4.90 Å². The molecule has 0 fully saturated rings. The zero-order chi connectivity index (χ0) is 6.53. The molecule has 0 aromatic rings. The topological polar surface area (TPSA) is 39.4 Å². The first-order valence-corrected chi connectivity index (χ1v) is 2.48. The zero-order valence-corrected chi connectivity index (χ0v) is 4.73. The molecule has 0 unspecified atom stereocenters. The summed E-state index contributed by atoms with van der Waals surface area (Å²) in [6.07, 6.45) is 10.0. The van der Waals surface area contributed by atoms with Crippen LogP contribution in [0.4, 0.5) is 0 Å². The maximum absolute atomic E-state index is 8.33. The van der Waals surface area contributed by atoms with Crippen LogP contribution in [0.3, 0.4) is 0 Å². The third kappa shape index (κ3) is 1.42. The lowest BCUT2D eigenvalue weighted by Crippen LogP contribution is -1.97.